The fourth-order valence-electron chi connectivity index (χ4n) is 3.79. The zero-order valence-corrected chi connectivity index (χ0v) is 18.6. The summed E-state index contributed by atoms with van der Waals surface area (Å²) in [5, 5.41) is 0. The number of ether oxygens (including phenoxy) is 2. The van der Waals surface area contributed by atoms with Crippen molar-refractivity contribution in [2.45, 2.75) is 32.8 Å². The fourth-order valence-corrected chi connectivity index (χ4v) is 3.79. The molecule has 3 rings (SSSR count). The van der Waals surface area contributed by atoms with Crippen LogP contribution < -0.4 is 15.4 Å². The van der Waals surface area contributed by atoms with Crippen LogP contribution in [-0.2, 0) is 4.74 Å². The van der Waals surface area contributed by atoms with E-state index < -0.39 is 5.60 Å². The number of carbonyl (C=O) groups excluding carboxylic acids is 1. The van der Waals surface area contributed by atoms with E-state index in [1.807, 2.05) is 32.9 Å². The molecule has 2 fully saturated rings. The number of methoxy groups -OCH3 is 1. The van der Waals surface area contributed by atoms with Crippen LogP contribution in [0.15, 0.2) is 29.3 Å². The minimum Gasteiger partial charge on any atom is -0.497 e. The fraction of sp³-hybridized carbons (Fsp3) is 0.636. The Hall–Kier alpha value is -2.64. The van der Waals surface area contributed by atoms with Crippen LogP contribution in [0.3, 0.4) is 0 Å². The maximum absolute atomic E-state index is 12.2. The molecule has 2 aliphatic heterocycles. The third-order valence-electron chi connectivity index (χ3n) is 5.47. The third-order valence-corrected chi connectivity index (χ3v) is 5.47. The summed E-state index contributed by atoms with van der Waals surface area (Å²) in [4.78, 5) is 23.0. The van der Waals surface area contributed by atoms with E-state index in [1.165, 1.54) is 5.69 Å². The standard InChI is InChI=1S/C22H35N5O3/c1-22(2,3)30-21(28)26-12-10-25(11-13-26)20(23)24-15-17-8-9-27(16-17)18-6-5-7-19(14-18)29-4/h5-7,14,17H,8-13,15-16H2,1-4H3,(H2,23,24). The molecular formula is C22H35N5O3. The van der Waals surface area contributed by atoms with Crippen molar-refractivity contribution in [2.24, 2.45) is 16.6 Å². The molecule has 1 aromatic carbocycles. The van der Waals surface area contributed by atoms with Gasteiger partial charge in [0.15, 0.2) is 5.96 Å². The molecule has 2 aliphatic rings. The molecule has 0 bridgehead atoms. The molecule has 2 saturated heterocycles. The molecular weight excluding hydrogens is 382 g/mol. The van der Waals surface area contributed by atoms with Crippen molar-refractivity contribution < 1.29 is 14.3 Å². The number of guanidine groups is 1. The second-order valence-corrected chi connectivity index (χ2v) is 8.96. The molecule has 0 radical (unpaired) electrons. The number of nitrogens with two attached hydrogens (primary N) is 1. The Morgan fingerprint density at radius 3 is 2.53 bits per heavy atom. The van der Waals surface area contributed by atoms with Gasteiger partial charge in [-0.3, -0.25) is 4.99 Å². The van der Waals surface area contributed by atoms with Gasteiger partial charge in [-0.15, -0.1) is 0 Å². The lowest BCUT2D eigenvalue weighted by molar-refractivity contribution is 0.0186. The summed E-state index contributed by atoms with van der Waals surface area (Å²) < 4.78 is 10.8. The summed E-state index contributed by atoms with van der Waals surface area (Å²) >= 11 is 0. The lowest BCUT2D eigenvalue weighted by Gasteiger charge is -2.36. The number of hydrogen-bond acceptors (Lipinski definition) is 5. The normalized spacial score (nSPS) is 20.5. The van der Waals surface area contributed by atoms with Crippen molar-refractivity contribution in [1.82, 2.24) is 9.80 Å². The molecule has 2 N–H and O–H groups in total. The summed E-state index contributed by atoms with van der Waals surface area (Å²) in [6.07, 6.45) is 0.835. The van der Waals surface area contributed by atoms with Crippen molar-refractivity contribution in [3.8, 4) is 5.75 Å². The highest BCUT2D eigenvalue weighted by Crippen LogP contribution is 2.27. The van der Waals surface area contributed by atoms with Crippen LogP contribution >= 0.6 is 0 Å². The Morgan fingerprint density at radius 1 is 1.17 bits per heavy atom. The van der Waals surface area contributed by atoms with Crippen LogP contribution in [0.2, 0.25) is 0 Å². The third kappa shape index (κ3) is 5.93. The van der Waals surface area contributed by atoms with Crippen LogP contribution in [0.4, 0.5) is 10.5 Å². The van der Waals surface area contributed by atoms with Crippen molar-refractivity contribution in [3.63, 3.8) is 0 Å². The average molecular weight is 418 g/mol. The number of aliphatic imine (C=N–C) groups is 1. The van der Waals surface area contributed by atoms with Crippen molar-refractivity contribution >= 4 is 17.7 Å². The Balaban J connectivity index is 1.45. The summed E-state index contributed by atoms with van der Waals surface area (Å²) in [5.74, 6) is 1.93. The predicted molar refractivity (Wildman–Crippen MR) is 119 cm³/mol. The monoisotopic (exact) mass is 417 g/mol. The Kier molecular flexibility index (Phi) is 6.95. The maximum Gasteiger partial charge on any atom is 0.410 e. The maximum atomic E-state index is 12.2. The zero-order chi connectivity index (χ0) is 21.7. The van der Waals surface area contributed by atoms with E-state index in [9.17, 15) is 4.79 Å². The SMILES string of the molecule is COc1cccc(N2CCC(CN=C(N)N3CCN(C(=O)OC(C)(C)C)CC3)C2)c1. The van der Waals surface area contributed by atoms with Gasteiger partial charge < -0.3 is 29.9 Å². The smallest absolute Gasteiger partial charge is 0.410 e. The lowest BCUT2D eigenvalue weighted by atomic mass is 10.1. The molecule has 0 aromatic heterocycles. The number of benzene rings is 1. The van der Waals surface area contributed by atoms with Crippen LogP contribution in [-0.4, -0.2) is 80.4 Å². The highest BCUT2D eigenvalue weighted by Gasteiger charge is 2.27. The Morgan fingerprint density at radius 2 is 1.87 bits per heavy atom. The van der Waals surface area contributed by atoms with Gasteiger partial charge in [0, 0.05) is 57.6 Å². The van der Waals surface area contributed by atoms with E-state index in [1.54, 1.807) is 12.0 Å². The van der Waals surface area contributed by atoms with Crippen LogP contribution in [0.1, 0.15) is 27.2 Å². The topological polar surface area (TPSA) is 83.6 Å². The quantitative estimate of drug-likeness (QED) is 0.598. The molecule has 8 nitrogen and oxygen atoms in total. The van der Waals surface area contributed by atoms with Gasteiger partial charge in [-0.05, 0) is 45.2 Å². The molecule has 0 aliphatic carbocycles. The van der Waals surface area contributed by atoms with Crippen molar-refractivity contribution in [2.75, 3.05) is 57.8 Å². The van der Waals surface area contributed by atoms with E-state index in [2.05, 4.69) is 26.9 Å². The lowest BCUT2D eigenvalue weighted by Crippen LogP contribution is -2.53. The first-order valence-electron chi connectivity index (χ1n) is 10.7. The number of anilines is 1. The van der Waals surface area contributed by atoms with Crippen molar-refractivity contribution in [1.29, 1.82) is 0 Å². The molecule has 1 unspecified atom stereocenters. The van der Waals surface area contributed by atoms with E-state index in [4.69, 9.17) is 15.2 Å². The molecule has 0 saturated carbocycles. The van der Waals surface area contributed by atoms with Gasteiger partial charge in [-0.25, -0.2) is 4.79 Å². The first-order chi connectivity index (χ1) is 14.2. The van der Waals surface area contributed by atoms with Gasteiger partial charge in [0.05, 0.1) is 7.11 Å². The predicted octanol–water partition coefficient (Wildman–Crippen LogP) is 2.39. The molecule has 1 atom stereocenters. The number of hydrogen-bond donors (Lipinski definition) is 1. The number of nitrogens with zero attached hydrogens (tertiary/aromatic N) is 4. The van der Waals surface area contributed by atoms with Gasteiger partial charge in [0.1, 0.15) is 11.4 Å². The van der Waals surface area contributed by atoms with E-state index in [-0.39, 0.29) is 6.09 Å². The Labute approximate surface area is 179 Å². The Bertz CT molecular complexity index is 753. The van der Waals surface area contributed by atoms with Gasteiger partial charge in [0.2, 0.25) is 0 Å². The van der Waals surface area contributed by atoms with Gasteiger partial charge >= 0.3 is 6.09 Å². The molecule has 30 heavy (non-hydrogen) atoms. The van der Waals surface area contributed by atoms with Crippen LogP contribution in [0.25, 0.3) is 0 Å². The molecule has 0 spiro atoms. The second-order valence-electron chi connectivity index (χ2n) is 8.96. The second kappa shape index (κ2) is 9.45. The van der Waals surface area contributed by atoms with Gasteiger partial charge in [-0.2, -0.15) is 0 Å². The zero-order valence-electron chi connectivity index (χ0n) is 18.6. The number of amides is 1. The summed E-state index contributed by atoms with van der Waals surface area (Å²) in [5.41, 5.74) is 6.95. The van der Waals surface area contributed by atoms with Gasteiger partial charge in [-0.1, -0.05) is 6.07 Å². The largest absolute Gasteiger partial charge is 0.497 e. The molecule has 2 heterocycles. The molecule has 166 valence electrons. The van der Waals surface area contributed by atoms with Crippen LogP contribution in [0, 0.1) is 5.92 Å². The summed E-state index contributed by atoms with van der Waals surface area (Å²) in [6, 6.07) is 8.18. The van der Waals surface area contributed by atoms with E-state index in [0.29, 0.717) is 38.1 Å². The van der Waals surface area contributed by atoms with E-state index >= 15 is 0 Å². The number of rotatable bonds is 4. The van der Waals surface area contributed by atoms with Crippen LogP contribution in [0.5, 0.6) is 5.75 Å². The van der Waals surface area contributed by atoms with Gasteiger partial charge in [0.25, 0.3) is 0 Å². The minimum absolute atomic E-state index is 0.263. The molecule has 1 aromatic rings. The summed E-state index contributed by atoms with van der Waals surface area (Å²) in [7, 11) is 1.69. The highest BCUT2D eigenvalue weighted by molar-refractivity contribution is 5.78. The van der Waals surface area contributed by atoms with Crippen molar-refractivity contribution in [3.05, 3.63) is 24.3 Å². The highest BCUT2D eigenvalue weighted by atomic mass is 16.6. The summed E-state index contributed by atoms with van der Waals surface area (Å²) in [6.45, 7) is 10.9. The number of piperazine rings is 1. The minimum atomic E-state index is -0.477. The first-order valence-corrected chi connectivity index (χ1v) is 10.7. The van der Waals surface area contributed by atoms with E-state index in [0.717, 1.165) is 31.8 Å². The first kappa shape index (κ1) is 22.1. The average Bonchev–Trinajstić information content (AvgIpc) is 3.20. The number of carbonyl (C=O) groups is 1. The molecule has 8 heteroatoms. The molecule has 1 amide bonds.